The second kappa shape index (κ2) is 2.55. The van der Waals surface area contributed by atoms with Gasteiger partial charge in [0.15, 0.2) is 11.3 Å². The summed E-state index contributed by atoms with van der Waals surface area (Å²) in [5, 5.41) is 12.6. The monoisotopic (exact) mass is 177 g/mol. The van der Waals surface area contributed by atoms with E-state index in [-0.39, 0.29) is 5.69 Å². The third-order valence-electron chi connectivity index (χ3n) is 1.74. The molecular weight excluding hydrogens is 170 g/mol. The van der Waals surface area contributed by atoms with Crippen LogP contribution in [0, 0.1) is 6.92 Å². The molecule has 0 spiro atoms. The summed E-state index contributed by atoms with van der Waals surface area (Å²) in [7, 11) is 0. The number of carboxylic acid groups (broad SMARTS) is 1. The molecule has 0 aromatic carbocycles. The SMILES string of the molecule is Cc1cc(C(=O)O)n2ncnc2c1. The molecule has 0 amide bonds. The van der Waals surface area contributed by atoms with Gasteiger partial charge in [0.2, 0.25) is 0 Å². The van der Waals surface area contributed by atoms with Crippen LogP contribution in [0.3, 0.4) is 0 Å². The lowest BCUT2D eigenvalue weighted by atomic mass is 10.2. The molecule has 0 aliphatic rings. The highest BCUT2D eigenvalue weighted by atomic mass is 16.4. The van der Waals surface area contributed by atoms with E-state index < -0.39 is 5.97 Å². The number of aromatic carboxylic acids is 1. The Morgan fingerprint density at radius 1 is 1.54 bits per heavy atom. The van der Waals surface area contributed by atoms with Gasteiger partial charge in [0.1, 0.15) is 6.33 Å². The molecule has 5 heteroatoms. The van der Waals surface area contributed by atoms with Crippen molar-refractivity contribution in [3.05, 3.63) is 29.7 Å². The average Bonchev–Trinajstić information content (AvgIpc) is 2.49. The predicted molar refractivity (Wildman–Crippen MR) is 44.7 cm³/mol. The van der Waals surface area contributed by atoms with E-state index in [0.29, 0.717) is 5.65 Å². The fourth-order valence-corrected chi connectivity index (χ4v) is 1.21. The Morgan fingerprint density at radius 3 is 3.00 bits per heavy atom. The van der Waals surface area contributed by atoms with Crippen molar-refractivity contribution in [1.29, 1.82) is 0 Å². The highest BCUT2D eigenvalue weighted by Crippen LogP contribution is 2.07. The lowest BCUT2D eigenvalue weighted by Gasteiger charge is -1.99. The smallest absolute Gasteiger partial charge is 0.354 e. The second-order valence-corrected chi connectivity index (χ2v) is 2.75. The summed E-state index contributed by atoms with van der Waals surface area (Å²) in [6.07, 6.45) is 1.33. The molecule has 1 N–H and O–H groups in total. The Morgan fingerprint density at radius 2 is 2.31 bits per heavy atom. The van der Waals surface area contributed by atoms with Gasteiger partial charge in [-0.3, -0.25) is 0 Å². The summed E-state index contributed by atoms with van der Waals surface area (Å²) in [6, 6.07) is 3.34. The average molecular weight is 177 g/mol. The standard InChI is InChI=1S/C8H7N3O2/c1-5-2-6(8(12)13)11-7(3-5)9-4-10-11/h2-4H,1H3,(H,12,13). The van der Waals surface area contributed by atoms with Crippen molar-refractivity contribution in [2.45, 2.75) is 6.92 Å². The highest BCUT2D eigenvalue weighted by Gasteiger charge is 2.09. The van der Waals surface area contributed by atoms with Gasteiger partial charge in [-0.1, -0.05) is 0 Å². The quantitative estimate of drug-likeness (QED) is 0.697. The zero-order chi connectivity index (χ0) is 9.42. The first-order chi connectivity index (χ1) is 6.18. The summed E-state index contributed by atoms with van der Waals surface area (Å²) in [4.78, 5) is 14.7. The Bertz CT molecular complexity index is 475. The molecule has 0 radical (unpaired) electrons. The number of fused-ring (bicyclic) bond motifs is 1. The molecule has 2 aromatic heterocycles. The molecule has 0 fully saturated rings. The number of hydrogen-bond donors (Lipinski definition) is 1. The van der Waals surface area contributed by atoms with Crippen LogP contribution in [0.5, 0.6) is 0 Å². The maximum Gasteiger partial charge on any atom is 0.354 e. The van der Waals surface area contributed by atoms with Crippen molar-refractivity contribution in [1.82, 2.24) is 14.6 Å². The fourth-order valence-electron chi connectivity index (χ4n) is 1.21. The molecule has 0 atom stereocenters. The van der Waals surface area contributed by atoms with Gasteiger partial charge < -0.3 is 5.11 Å². The first-order valence-electron chi connectivity index (χ1n) is 3.72. The number of rotatable bonds is 1. The van der Waals surface area contributed by atoms with E-state index in [1.165, 1.54) is 10.8 Å². The predicted octanol–water partition coefficient (Wildman–Crippen LogP) is 0.736. The van der Waals surface area contributed by atoms with Gasteiger partial charge >= 0.3 is 5.97 Å². The van der Waals surface area contributed by atoms with E-state index in [4.69, 9.17) is 5.11 Å². The Kier molecular flexibility index (Phi) is 1.51. The van der Waals surface area contributed by atoms with E-state index in [2.05, 4.69) is 10.1 Å². The van der Waals surface area contributed by atoms with Crippen LogP contribution in [-0.4, -0.2) is 25.7 Å². The molecule has 0 saturated carbocycles. The summed E-state index contributed by atoms with van der Waals surface area (Å²) in [5.74, 6) is -1.00. The maximum atomic E-state index is 10.8. The molecule has 0 aliphatic heterocycles. The summed E-state index contributed by atoms with van der Waals surface area (Å²) in [6.45, 7) is 1.82. The number of pyridine rings is 1. The number of carbonyl (C=O) groups is 1. The Balaban J connectivity index is 2.84. The molecule has 2 aromatic rings. The third-order valence-corrected chi connectivity index (χ3v) is 1.74. The molecule has 0 bridgehead atoms. The van der Waals surface area contributed by atoms with Crippen molar-refractivity contribution in [3.8, 4) is 0 Å². The molecule has 66 valence electrons. The summed E-state index contributed by atoms with van der Waals surface area (Å²) >= 11 is 0. The second-order valence-electron chi connectivity index (χ2n) is 2.75. The van der Waals surface area contributed by atoms with Gasteiger partial charge in [0, 0.05) is 0 Å². The highest BCUT2D eigenvalue weighted by molar-refractivity contribution is 5.86. The van der Waals surface area contributed by atoms with Crippen LogP contribution in [0.4, 0.5) is 0 Å². The first-order valence-corrected chi connectivity index (χ1v) is 3.72. The van der Waals surface area contributed by atoms with Gasteiger partial charge in [-0.25, -0.2) is 14.3 Å². The molecule has 0 saturated heterocycles. The van der Waals surface area contributed by atoms with Crippen molar-refractivity contribution in [2.75, 3.05) is 0 Å². The molecule has 13 heavy (non-hydrogen) atoms. The molecule has 2 rings (SSSR count). The van der Waals surface area contributed by atoms with Crippen molar-refractivity contribution in [2.24, 2.45) is 0 Å². The fraction of sp³-hybridized carbons (Fsp3) is 0.125. The largest absolute Gasteiger partial charge is 0.477 e. The van der Waals surface area contributed by atoms with Gasteiger partial charge in [0.25, 0.3) is 0 Å². The van der Waals surface area contributed by atoms with Crippen LogP contribution in [0.2, 0.25) is 0 Å². The zero-order valence-corrected chi connectivity index (χ0v) is 6.93. The lowest BCUT2D eigenvalue weighted by molar-refractivity contribution is 0.0687. The van der Waals surface area contributed by atoms with E-state index in [0.717, 1.165) is 5.56 Å². The van der Waals surface area contributed by atoms with E-state index in [9.17, 15) is 4.79 Å². The number of aryl methyl sites for hydroxylation is 1. The van der Waals surface area contributed by atoms with Crippen molar-refractivity contribution in [3.63, 3.8) is 0 Å². The van der Waals surface area contributed by atoms with E-state index >= 15 is 0 Å². The number of hydrogen-bond acceptors (Lipinski definition) is 3. The molecule has 0 unspecified atom stereocenters. The minimum Gasteiger partial charge on any atom is -0.477 e. The maximum absolute atomic E-state index is 10.8. The van der Waals surface area contributed by atoms with Gasteiger partial charge in [-0.05, 0) is 24.6 Å². The minimum atomic E-state index is -1.00. The van der Waals surface area contributed by atoms with Gasteiger partial charge in [-0.15, -0.1) is 0 Å². The van der Waals surface area contributed by atoms with Crippen LogP contribution < -0.4 is 0 Å². The topological polar surface area (TPSA) is 67.5 Å². The molecule has 2 heterocycles. The third kappa shape index (κ3) is 1.14. The van der Waals surface area contributed by atoms with Crippen LogP contribution in [-0.2, 0) is 0 Å². The van der Waals surface area contributed by atoms with Crippen LogP contribution in [0.25, 0.3) is 5.65 Å². The van der Waals surface area contributed by atoms with E-state index in [1.54, 1.807) is 12.1 Å². The zero-order valence-electron chi connectivity index (χ0n) is 6.93. The minimum absolute atomic E-state index is 0.132. The lowest BCUT2D eigenvalue weighted by Crippen LogP contribution is -2.06. The number of carboxylic acids is 1. The first kappa shape index (κ1) is 7.72. The number of aromatic nitrogens is 3. The van der Waals surface area contributed by atoms with Crippen molar-refractivity contribution < 1.29 is 9.90 Å². The van der Waals surface area contributed by atoms with Crippen LogP contribution in [0.1, 0.15) is 16.1 Å². The molecule has 0 aliphatic carbocycles. The van der Waals surface area contributed by atoms with Gasteiger partial charge in [-0.2, -0.15) is 5.10 Å². The summed E-state index contributed by atoms with van der Waals surface area (Å²) in [5.41, 5.74) is 1.54. The Hall–Kier alpha value is -1.91. The Labute approximate surface area is 73.6 Å². The van der Waals surface area contributed by atoms with E-state index in [1.807, 2.05) is 6.92 Å². The summed E-state index contributed by atoms with van der Waals surface area (Å²) < 4.78 is 1.30. The molecule has 5 nitrogen and oxygen atoms in total. The molecular formula is C8H7N3O2. The van der Waals surface area contributed by atoms with Crippen LogP contribution in [0.15, 0.2) is 18.5 Å². The normalized spacial score (nSPS) is 10.5. The van der Waals surface area contributed by atoms with Gasteiger partial charge in [0.05, 0.1) is 0 Å². The van der Waals surface area contributed by atoms with Crippen LogP contribution >= 0.6 is 0 Å². The van der Waals surface area contributed by atoms with Crippen molar-refractivity contribution >= 4 is 11.6 Å². The number of nitrogens with zero attached hydrogens (tertiary/aromatic N) is 3.